The number of aromatic nitrogens is 1. The molecular formula is C23H21F3N4O3. The number of aliphatic hydroxyl groups is 1. The molecule has 1 heterocycles. The first-order valence-electron chi connectivity index (χ1n) is 9.77. The molecule has 1 aromatic heterocycles. The molecule has 3 rings (SSSR count). The van der Waals surface area contributed by atoms with E-state index in [-0.39, 0.29) is 37.2 Å². The lowest BCUT2D eigenvalue weighted by Crippen LogP contribution is -2.33. The van der Waals surface area contributed by atoms with E-state index < -0.39 is 29.2 Å². The number of halogens is 3. The quantitative estimate of drug-likeness (QED) is 0.422. The molecular weight excluding hydrogens is 437 g/mol. The molecule has 0 saturated heterocycles. The molecule has 0 aliphatic carbocycles. The maximum absolute atomic E-state index is 14.4. The number of rotatable bonds is 9. The highest BCUT2D eigenvalue weighted by molar-refractivity contribution is 5.98. The van der Waals surface area contributed by atoms with E-state index >= 15 is 0 Å². The summed E-state index contributed by atoms with van der Waals surface area (Å²) in [5, 5.41) is 11.6. The van der Waals surface area contributed by atoms with Crippen LogP contribution in [0.5, 0.6) is 0 Å². The number of hydrogen-bond donors (Lipinski definition) is 3. The van der Waals surface area contributed by atoms with Gasteiger partial charge < -0.3 is 20.9 Å². The summed E-state index contributed by atoms with van der Waals surface area (Å²) in [6.45, 7) is 3.78. The number of urea groups is 1. The standard InChI is InChI=1S/C23H21F3N4O3/c1-14(28-11-12-31)33-13-16-7-10-20(29-21(16)15-5-8-17(24)9-6-15)30(23(27)32)22-18(25)3-2-4-19(22)26/h2-10,28,31H,1,11-13H2,(H2,27,32). The zero-order valence-electron chi connectivity index (χ0n) is 17.4. The Morgan fingerprint density at radius 2 is 1.76 bits per heavy atom. The van der Waals surface area contributed by atoms with Crippen LogP contribution in [0.25, 0.3) is 11.3 Å². The summed E-state index contributed by atoms with van der Waals surface area (Å²) >= 11 is 0. The van der Waals surface area contributed by atoms with Gasteiger partial charge in [0.1, 0.15) is 35.6 Å². The van der Waals surface area contributed by atoms with Gasteiger partial charge in [0.05, 0.1) is 12.3 Å². The average Bonchev–Trinajstić information content (AvgIpc) is 2.79. The molecule has 0 fully saturated rings. The van der Waals surface area contributed by atoms with Gasteiger partial charge in [-0.15, -0.1) is 0 Å². The number of primary amides is 1. The molecule has 172 valence electrons. The van der Waals surface area contributed by atoms with Crippen LogP contribution in [0.3, 0.4) is 0 Å². The van der Waals surface area contributed by atoms with Crippen molar-refractivity contribution in [3.05, 3.63) is 90.1 Å². The number of aliphatic hydroxyl groups excluding tert-OH is 1. The lowest BCUT2D eigenvalue weighted by atomic mass is 10.1. The number of para-hydroxylation sites is 1. The van der Waals surface area contributed by atoms with Crippen LogP contribution in [0, 0.1) is 17.5 Å². The smallest absolute Gasteiger partial charge is 0.325 e. The molecule has 7 nitrogen and oxygen atoms in total. The SMILES string of the molecule is C=C(NCCO)OCc1ccc(N(C(N)=O)c2c(F)cccc2F)nc1-c1ccc(F)cc1. The molecule has 10 heteroatoms. The Morgan fingerprint density at radius 3 is 2.36 bits per heavy atom. The van der Waals surface area contributed by atoms with Crippen LogP contribution in [0.1, 0.15) is 5.56 Å². The van der Waals surface area contributed by atoms with Crippen LogP contribution < -0.4 is 16.0 Å². The molecule has 0 saturated carbocycles. The van der Waals surface area contributed by atoms with Crippen LogP contribution in [0.15, 0.2) is 67.1 Å². The minimum atomic E-state index is -1.15. The number of carbonyl (C=O) groups is 1. The van der Waals surface area contributed by atoms with Gasteiger partial charge in [0.2, 0.25) is 0 Å². The third-order valence-corrected chi connectivity index (χ3v) is 4.53. The van der Waals surface area contributed by atoms with E-state index in [1.807, 2.05) is 0 Å². The lowest BCUT2D eigenvalue weighted by molar-refractivity contribution is 0.173. The number of amides is 2. The monoisotopic (exact) mass is 458 g/mol. The van der Waals surface area contributed by atoms with Gasteiger partial charge in [-0.25, -0.2) is 27.8 Å². The topological polar surface area (TPSA) is 101 Å². The van der Waals surface area contributed by atoms with E-state index in [2.05, 4.69) is 16.9 Å². The van der Waals surface area contributed by atoms with E-state index in [4.69, 9.17) is 15.6 Å². The second-order valence-electron chi connectivity index (χ2n) is 6.79. The van der Waals surface area contributed by atoms with Crippen LogP contribution in [-0.4, -0.2) is 29.3 Å². The minimum Gasteiger partial charge on any atom is -0.475 e. The summed E-state index contributed by atoms with van der Waals surface area (Å²) in [7, 11) is 0. The fraction of sp³-hybridized carbons (Fsp3) is 0.130. The molecule has 0 radical (unpaired) electrons. The third-order valence-electron chi connectivity index (χ3n) is 4.53. The average molecular weight is 458 g/mol. The maximum atomic E-state index is 14.4. The molecule has 0 aliphatic rings. The van der Waals surface area contributed by atoms with Gasteiger partial charge in [0.25, 0.3) is 0 Å². The van der Waals surface area contributed by atoms with Gasteiger partial charge >= 0.3 is 6.03 Å². The lowest BCUT2D eigenvalue weighted by Gasteiger charge is -2.22. The normalized spacial score (nSPS) is 10.5. The zero-order valence-corrected chi connectivity index (χ0v) is 17.4. The van der Waals surface area contributed by atoms with Crippen LogP contribution in [-0.2, 0) is 11.3 Å². The third kappa shape index (κ3) is 5.60. The molecule has 0 atom stereocenters. The van der Waals surface area contributed by atoms with Crippen LogP contribution in [0.4, 0.5) is 29.5 Å². The van der Waals surface area contributed by atoms with Gasteiger partial charge in [-0.2, -0.15) is 0 Å². The molecule has 3 aromatic rings. The van der Waals surface area contributed by atoms with Gasteiger partial charge in [-0.05, 0) is 55.1 Å². The minimum absolute atomic E-state index is 0.0259. The Bertz CT molecular complexity index is 1140. The van der Waals surface area contributed by atoms with E-state index in [9.17, 15) is 18.0 Å². The van der Waals surface area contributed by atoms with Crippen molar-refractivity contribution in [2.75, 3.05) is 18.1 Å². The number of hydrogen-bond acceptors (Lipinski definition) is 5. The second-order valence-corrected chi connectivity index (χ2v) is 6.79. The van der Waals surface area contributed by atoms with Gasteiger partial charge in [0, 0.05) is 17.7 Å². The number of nitrogens with two attached hydrogens (primary N) is 1. The molecule has 0 unspecified atom stereocenters. The first-order valence-corrected chi connectivity index (χ1v) is 9.77. The van der Waals surface area contributed by atoms with Gasteiger partial charge in [0.15, 0.2) is 5.88 Å². The van der Waals surface area contributed by atoms with Crippen molar-refractivity contribution in [3.8, 4) is 11.3 Å². The predicted octanol–water partition coefficient (Wildman–Crippen LogP) is 3.95. The van der Waals surface area contributed by atoms with Crippen molar-refractivity contribution >= 4 is 17.5 Å². The largest absolute Gasteiger partial charge is 0.475 e. The second kappa shape index (κ2) is 10.5. The van der Waals surface area contributed by atoms with Crippen LogP contribution >= 0.6 is 0 Å². The number of nitrogens with one attached hydrogen (secondary N) is 1. The van der Waals surface area contributed by atoms with Crippen molar-refractivity contribution in [1.82, 2.24) is 10.3 Å². The Morgan fingerprint density at radius 1 is 1.09 bits per heavy atom. The van der Waals surface area contributed by atoms with Crippen molar-refractivity contribution < 1.29 is 27.8 Å². The van der Waals surface area contributed by atoms with Crippen molar-refractivity contribution in [3.63, 3.8) is 0 Å². The van der Waals surface area contributed by atoms with E-state index in [1.54, 1.807) is 0 Å². The number of carbonyl (C=O) groups excluding carboxylic acids is 1. The predicted molar refractivity (Wildman–Crippen MR) is 117 cm³/mol. The summed E-state index contributed by atoms with van der Waals surface area (Å²) in [4.78, 5) is 17.2. The Kier molecular flexibility index (Phi) is 7.52. The maximum Gasteiger partial charge on any atom is 0.325 e. The molecule has 33 heavy (non-hydrogen) atoms. The number of anilines is 2. The fourth-order valence-electron chi connectivity index (χ4n) is 3.03. The first-order chi connectivity index (χ1) is 15.8. The van der Waals surface area contributed by atoms with E-state index in [0.717, 1.165) is 18.2 Å². The zero-order chi connectivity index (χ0) is 24.0. The number of benzene rings is 2. The van der Waals surface area contributed by atoms with E-state index in [0.29, 0.717) is 16.0 Å². The molecule has 2 amide bonds. The first kappa shape index (κ1) is 23.6. The molecule has 2 aromatic carbocycles. The van der Waals surface area contributed by atoms with Crippen molar-refractivity contribution in [2.24, 2.45) is 5.73 Å². The Hall–Kier alpha value is -4.05. The summed E-state index contributed by atoms with van der Waals surface area (Å²) in [5.74, 6) is -2.42. The summed E-state index contributed by atoms with van der Waals surface area (Å²) in [5.41, 5.74) is 6.00. The Balaban J connectivity index is 2.06. The number of pyridine rings is 1. The summed E-state index contributed by atoms with van der Waals surface area (Å²) < 4.78 is 47.8. The molecule has 0 bridgehead atoms. The van der Waals surface area contributed by atoms with E-state index in [1.165, 1.54) is 36.4 Å². The fourth-order valence-corrected chi connectivity index (χ4v) is 3.03. The molecule has 0 aliphatic heterocycles. The van der Waals surface area contributed by atoms with Crippen molar-refractivity contribution in [1.29, 1.82) is 0 Å². The summed E-state index contributed by atoms with van der Waals surface area (Å²) in [6, 6.07) is 10.2. The highest BCUT2D eigenvalue weighted by Gasteiger charge is 2.25. The van der Waals surface area contributed by atoms with Gasteiger partial charge in [-0.1, -0.05) is 6.07 Å². The summed E-state index contributed by atoms with van der Waals surface area (Å²) in [6.07, 6.45) is 0. The highest BCUT2D eigenvalue weighted by Crippen LogP contribution is 2.32. The number of ether oxygens (including phenoxy) is 1. The molecule has 4 N–H and O–H groups in total. The van der Waals surface area contributed by atoms with Gasteiger partial charge in [-0.3, -0.25) is 0 Å². The van der Waals surface area contributed by atoms with Crippen LogP contribution in [0.2, 0.25) is 0 Å². The van der Waals surface area contributed by atoms with Crippen molar-refractivity contribution in [2.45, 2.75) is 6.61 Å². The number of nitrogens with zero attached hydrogens (tertiary/aromatic N) is 2. The highest BCUT2D eigenvalue weighted by atomic mass is 19.1. The molecule has 0 spiro atoms. The Labute approximate surface area is 187 Å².